The van der Waals surface area contributed by atoms with E-state index < -0.39 is 11.2 Å². The van der Waals surface area contributed by atoms with Crippen molar-refractivity contribution in [3.63, 3.8) is 0 Å². The van der Waals surface area contributed by atoms with Crippen LogP contribution in [-0.4, -0.2) is 14.5 Å². The van der Waals surface area contributed by atoms with Crippen LogP contribution in [0.1, 0.15) is 22.5 Å². The van der Waals surface area contributed by atoms with Crippen LogP contribution in [0.25, 0.3) is 0 Å². The summed E-state index contributed by atoms with van der Waals surface area (Å²) in [5.41, 5.74) is 2.74. The van der Waals surface area contributed by atoms with E-state index in [4.69, 9.17) is 0 Å². The largest absolute Gasteiger partial charge is 0.606 e. The van der Waals surface area contributed by atoms with Crippen molar-refractivity contribution < 1.29 is 4.55 Å². The van der Waals surface area contributed by atoms with E-state index in [1.165, 1.54) is 0 Å². The lowest BCUT2D eigenvalue weighted by Crippen LogP contribution is -2.06. The Hall–Kier alpha value is -3.83. The monoisotopic (exact) mass is 404 g/mol. The van der Waals surface area contributed by atoms with E-state index >= 15 is 0 Å². The zero-order chi connectivity index (χ0) is 20.6. The molecule has 0 radical (unpaired) electrons. The molecular weight excluding hydrogens is 388 g/mol. The Morgan fingerprint density at radius 1 is 0.533 bits per heavy atom. The van der Waals surface area contributed by atoms with Crippen molar-refractivity contribution in [1.29, 1.82) is 0 Å². The fourth-order valence-corrected chi connectivity index (χ4v) is 4.00. The second-order valence-electron chi connectivity index (χ2n) is 6.19. The summed E-state index contributed by atoms with van der Waals surface area (Å²) in [6.07, 6.45) is 3.40. The highest BCUT2D eigenvalue weighted by Crippen LogP contribution is 2.26. The molecule has 30 heavy (non-hydrogen) atoms. The number of nitrogens with zero attached hydrogens (tertiary/aromatic N) is 2. The van der Waals surface area contributed by atoms with Crippen LogP contribution in [0, 0.1) is 23.7 Å². The number of aromatic nitrogens is 2. The predicted molar refractivity (Wildman–Crippen MR) is 118 cm³/mol. The van der Waals surface area contributed by atoms with Gasteiger partial charge in [-0.25, -0.2) is 9.97 Å². The lowest BCUT2D eigenvalue weighted by Gasteiger charge is -2.12. The molecule has 142 valence electrons. The van der Waals surface area contributed by atoms with Gasteiger partial charge in [-0.2, -0.15) is 0 Å². The third-order valence-corrected chi connectivity index (χ3v) is 5.66. The van der Waals surface area contributed by atoms with Crippen molar-refractivity contribution in [2.24, 2.45) is 0 Å². The van der Waals surface area contributed by atoms with Gasteiger partial charge in [0.1, 0.15) is 11.4 Å². The summed E-state index contributed by atoms with van der Waals surface area (Å²) in [5, 5.41) is 0. The summed E-state index contributed by atoms with van der Waals surface area (Å²) in [4.78, 5) is 9.73. The maximum Gasteiger partial charge on any atom is 0.174 e. The van der Waals surface area contributed by atoms with Gasteiger partial charge in [0.15, 0.2) is 9.79 Å². The molecule has 0 N–H and O–H groups in total. The maximum absolute atomic E-state index is 13.5. The predicted octanol–water partition coefficient (Wildman–Crippen LogP) is 4.44. The summed E-state index contributed by atoms with van der Waals surface area (Å²) in [6.45, 7) is 0. The molecule has 0 bridgehead atoms. The number of hydrogen-bond acceptors (Lipinski definition) is 3. The van der Waals surface area contributed by atoms with Crippen molar-refractivity contribution >= 4 is 11.2 Å². The molecule has 2 heterocycles. The normalized spacial score (nSPS) is 9.93. The first-order valence-electron chi connectivity index (χ1n) is 9.27. The van der Waals surface area contributed by atoms with Crippen molar-refractivity contribution in [1.82, 2.24) is 9.97 Å². The summed E-state index contributed by atoms with van der Waals surface area (Å²) < 4.78 is 13.5. The Bertz CT molecular complexity index is 1170. The quantitative estimate of drug-likeness (QED) is 0.367. The van der Waals surface area contributed by atoms with E-state index in [1.54, 1.807) is 12.4 Å². The van der Waals surface area contributed by atoms with Crippen molar-refractivity contribution in [2.45, 2.75) is 9.79 Å². The van der Waals surface area contributed by atoms with Gasteiger partial charge in [-0.05, 0) is 60.4 Å². The molecule has 2 aromatic carbocycles. The molecule has 4 aromatic rings. The van der Waals surface area contributed by atoms with E-state index in [1.807, 2.05) is 84.9 Å². The Kier molecular flexibility index (Phi) is 6.22. The molecule has 0 aliphatic heterocycles. The molecule has 0 amide bonds. The van der Waals surface area contributed by atoms with Crippen molar-refractivity contribution in [3.8, 4) is 23.7 Å². The number of hydrogen-bond donors (Lipinski definition) is 0. The molecule has 2 aromatic heterocycles. The first-order chi connectivity index (χ1) is 14.8. The second kappa shape index (κ2) is 9.58. The van der Waals surface area contributed by atoms with Gasteiger partial charge in [0, 0.05) is 23.6 Å². The van der Waals surface area contributed by atoms with Gasteiger partial charge in [-0.15, -0.1) is 0 Å². The smallest absolute Gasteiger partial charge is 0.174 e. The highest BCUT2D eigenvalue weighted by atomic mass is 32.2. The lowest BCUT2D eigenvalue weighted by atomic mass is 10.2. The molecule has 0 saturated heterocycles. The minimum Gasteiger partial charge on any atom is -0.606 e. The van der Waals surface area contributed by atoms with Crippen molar-refractivity contribution in [3.05, 3.63) is 120 Å². The summed E-state index contributed by atoms with van der Waals surface area (Å²) in [7, 11) is 0. The molecule has 0 aliphatic rings. The van der Waals surface area contributed by atoms with Gasteiger partial charge in [-0.3, -0.25) is 0 Å². The summed E-state index contributed by atoms with van der Waals surface area (Å²) in [6, 6.07) is 26.0. The fraction of sp³-hybridized carbons (Fsp3) is 0. The van der Waals surface area contributed by atoms with Gasteiger partial charge >= 0.3 is 0 Å². The molecule has 0 atom stereocenters. The maximum atomic E-state index is 13.5. The van der Waals surface area contributed by atoms with Crippen LogP contribution in [0.15, 0.2) is 107 Å². The topological polar surface area (TPSA) is 48.8 Å². The third-order valence-electron chi connectivity index (χ3n) is 4.15. The molecule has 0 saturated carbocycles. The van der Waals surface area contributed by atoms with Gasteiger partial charge in [0.2, 0.25) is 0 Å². The van der Waals surface area contributed by atoms with E-state index in [2.05, 4.69) is 33.6 Å². The lowest BCUT2D eigenvalue weighted by molar-refractivity contribution is 0.594. The van der Waals surface area contributed by atoms with Crippen LogP contribution in [0.2, 0.25) is 0 Å². The highest BCUT2D eigenvalue weighted by Gasteiger charge is 2.21. The second-order valence-corrected chi connectivity index (χ2v) is 7.61. The Morgan fingerprint density at radius 3 is 1.40 bits per heavy atom. The van der Waals surface area contributed by atoms with Crippen LogP contribution in [0.3, 0.4) is 0 Å². The van der Waals surface area contributed by atoms with E-state index in [0.717, 1.165) is 0 Å². The molecule has 3 nitrogen and oxygen atoms in total. The third kappa shape index (κ3) is 4.77. The SMILES string of the molecule is [O-][S+](c1ccccc1C#Cc1ccccn1)c1ccccc1C#Cc1ccccn1. The molecule has 0 spiro atoms. The van der Waals surface area contributed by atoms with E-state index in [9.17, 15) is 4.55 Å². The zero-order valence-electron chi connectivity index (χ0n) is 15.9. The van der Waals surface area contributed by atoms with Crippen molar-refractivity contribution in [2.75, 3.05) is 0 Å². The van der Waals surface area contributed by atoms with Crippen LogP contribution in [0.5, 0.6) is 0 Å². The average molecular weight is 404 g/mol. The Balaban J connectivity index is 1.69. The molecule has 4 rings (SSSR count). The molecular formula is C26H16N2OS. The number of pyridine rings is 2. The minimum atomic E-state index is -1.43. The summed E-state index contributed by atoms with van der Waals surface area (Å²) >= 11 is -1.43. The Morgan fingerprint density at radius 2 is 0.967 bits per heavy atom. The average Bonchev–Trinajstić information content (AvgIpc) is 2.83. The van der Waals surface area contributed by atoms with Crippen LogP contribution in [-0.2, 0) is 11.2 Å². The van der Waals surface area contributed by atoms with Gasteiger partial charge in [0.25, 0.3) is 0 Å². The molecule has 0 unspecified atom stereocenters. The first kappa shape index (κ1) is 19.5. The summed E-state index contributed by atoms with van der Waals surface area (Å²) in [5.74, 6) is 12.3. The molecule has 0 aliphatic carbocycles. The first-order valence-corrected chi connectivity index (χ1v) is 10.4. The van der Waals surface area contributed by atoms with Crippen LogP contribution in [0.4, 0.5) is 0 Å². The standard InChI is InChI=1S/C26H16N2OS/c29-30(25-13-3-1-9-21(25)15-17-23-11-5-7-19-27-23)26-14-4-2-10-22(26)16-18-24-12-6-8-20-28-24/h1-14,19-20H. The molecule has 0 fully saturated rings. The van der Waals surface area contributed by atoms with Crippen LogP contribution < -0.4 is 0 Å². The van der Waals surface area contributed by atoms with E-state index in [-0.39, 0.29) is 0 Å². The molecule has 4 heteroatoms. The van der Waals surface area contributed by atoms with E-state index in [0.29, 0.717) is 32.3 Å². The minimum absolute atomic E-state index is 0.646. The van der Waals surface area contributed by atoms with Gasteiger partial charge in [-0.1, -0.05) is 48.2 Å². The number of rotatable bonds is 2. The Labute approximate surface area is 179 Å². The number of benzene rings is 2. The zero-order valence-corrected chi connectivity index (χ0v) is 16.8. The van der Waals surface area contributed by atoms with Crippen LogP contribution >= 0.6 is 0 Å². The fourth-order valence-electron chi connectivity index (χ4n) is 2.72. The van der Waals surface area contributed by atoms with Gasteiger partial charge in [0.05, 0.1) is 11.1 Å². The van der Waals surface area contributed by atoms with Gasteiger partial charge < -0.3 is 4.55 Å². The highest BCUT2D eigenvalue weighted by molar-refractivity contribution is 7.91.